The largest absolute Gasteiger partial charge is 0.496 e. The second-order valence-corrected chi connectivity index (χ2v) is 5.33. The van der Waals surface area contributed by atoms with Gasteiger partial charge in [-0.3, -0.25) is 0 Å². The molecule has 0 radical (unpaired) electrons. The quantitative estimate of drug-likeness (QED) is 0.880. The maximum atomic E-state index is 5.42. The molecule has 0 aliphatic heterocycles. The highest BCUT2D eigenvalue weighted by Gasteiger charge is 2.08. The third kappa shape index (κ3) is 3.61. The normalized spacial score (nSPS) is 12.2. The molecule has 2 rings (SSSR count). The Kier molecular flexibility index (Phi) is 4.80. The standard InChI is InChI=1S/C18H23NO/c1-13-6-5-7-16(10-13)15(3)19-12-17-11-14(2)8-9-18(17)20-4/h5-11,15,19H,12H2,1-4H3/t15-/m1/s1. The van der Waals surface area contributed by atoms with Crippen LogP contribution in [0.4, 0.5) is 0 Å². The van der Waals surface area contributed by atoms with Gasteiger partial charge in [-0.05, 0) is 32.4 Å². The highest BCUT2D eigenvalue weighted by atomic mass is 16.5. The van der Waals surface area contributed by atoms with Gasteiger partial charge in [-0.25, -0.2) is 0 Å². The second kappa shape index (κ2) is 6.58. The Morgan fingerprint density at radius 1 is 1.05 bits per heavy atom. The molecule has 20 heavy (non-hydrogen) atoms. The summed E-state index contributed by atoms with van der Waals surface area (Å²) in [6, 6.07) is 15.2. The first-order chi connectivity index (χ1) is 9.60. The van der Waals surface area contributed by atoms with Crippen LogP contribution in [0.3, 0.4) is 0 Å². The molecule has 106 valence electrons. The minimum atomic E-state index is 0.320. The van der Waals surface area contributed by atoms with Crippen molar-refractivity contribution in [3.05, 3.63) is 64.7 Å². The molecule has 2 nitrogen and oxygen atoms in total. The first-order valence-corrected chi connectivity index (χ1v) is 7.03. The molecule has 0 unspecified atom stereocenters. The van der Waals surface area contributed by atoms with Gasteiger partial charge in [0, 0.05) is 18.2 Å². The fourth-order valence-corrected chi connectivity index (χ4v) is 2.37. The summed E-state index contributed by atoms with van der Waals surface area (Å²) in [7, 11) is 1.72. The van der Waals surface area contributed by atoms with E-state index in [1.165, 1.54) is 22.3 Å². The molecule has 0 saturated heterocycles. The summed E-state index contributed by atoms with van der Waals surface area (Å²) in [4.78, 5) is 0. The van der Waals surface area contributed by atoms with Crippen molar-refractivity contribution < 1.29 is 4.74 Å². The van der Waals surface area contributed by atoms with E-state index in [1.807, 2.05) is 6.07 Å². The molecule has 1 atom stereocenters. The molecule has 0 aliphatic carbocycles. The zero-order valence-electron chi connectivity index (χ0n) is 12.7. The van der Waals surface area contributed by atoms with Crippen molar-refractivity contribution in [2.45, 2.75) is 33.4 Å². The Bertz CT molecular complexity index is 577. The lowest BCUT2D eigenvalue weighted by Crippen LogP contribution is -2.18. The molecule has 0 spiro atoms. The van der Waals surface area contributed by atoms with Gasteiger partial charge in [0.25, 0.3) is 0 Å². The molecule has 0 heterocycles. The van der Waals surface area contributed by atoms with Crippen LogP contribution in [0.5, 0.6) is 5.75 Å². The van der Waals surface area contributed by atoms with E-state index < -0.39 is 0 Å². The average Bonchev–Trinajstić information content (AvgIpc) is 2.45. The summed E-state index contributed by atoms with van der Waals surface area (Å²) in [6.45, 7) is 7.23. The number of ether oxygens (including phenoxy) is 1. The van der Waals surface area contributed by atoms with E-state index in [4.69, 9.17) is 4.74 Å². The molecule has 0 saturated carbocycles. The van der Waals surface area contributed by atoms with Crippen LogP contribution in [0, 0.1) is 13.8 Å². The van der Waals surface area contributed by atoms with Crippen molar-refractivity contribution in [1.82, 2.24) is 5.32 Å². The molecule has 0 fully saturated rings. The van der Waals surface area contributed by atoms with Crippen LogP contribution in [0.15, 0.2) is 42.5 Å². The van der Waals surface area contributed by atoms with Crippen molar-refractivity contribution in [2.24, 2.45) is 0 Å². The summed E-state index contributed by atoms with van der Waals surface area (Å²) in [6.07, 6.45) is 0. The van der Waals surface area contributed by atoms with Gasteiger partial charge in [0.05, 0.1) is 7.11 Å². The highest BCUT2D eigenvalue weighted by molar-refractivity contribution is 5.37. The maximum absolute atomic E-state index is 5.42. The molecule has 0 aliphatic rings. The van der Waals surface area contributed by atoms with Gasteiger partial charge in [0.1, 0.15) is 5.75 Å². The zero-order chi connectivity index (χ0) is 14.5. The third-order valence-corrected chi connectivity index (χ3v) is 3.58. The van der Waals surface area contributed by atoms with Gasteiger partial charge in [-0.2, -0.15) is 0 Å². The van der Waals surface area contributed by atoms with Gasteiger partial charge in [-0.1, -0.05) is 47.5 Å². The average molecular weight is 269 g/mol. The SMILES string of the molecule is COc1ccc(C)cc1CN[C@H](C)c1cccc(C)c1. The predicted octanol–water partition coefficient (Wildman–Crippen LogP) is 4.16. The second-order valence-electron chi connectivity index (χ2n) is 5.33. The molecule has 2 aromatic rings. The van der Waals surface area contributed by atoms with Gasteiger partial charge in [0.15, 0.2) is 0 Å². The predicted molar refractivity (Wildman–Crippen MR) is 84.2 cm³/mol. The maximum Gasteiger partial charge on any atom is 0.123 e. The fraction of sp³-hybridized carbons (Fsp3) is 0.333. The Morgan fingerprint density at radius 3 is 2.50 bits per heavy atom. The number of methoxy groups -OCH3 is 1. The van der Waals surface area contributed by atoms with E-state index in [9.17, 15) is 0 Å². The van der Waals surface area contributed by atoms with Crippen LogP contribution >= 0.6 is 0 Å². The summed E-state index contributed by atoms with van der Waals surface area (Å²) in [5, 5.41) is 3.56. The van der Waals surface area contributed by atoms with Crippen LogP contribution in [0.25, 0.3) is 0 Å². The fourth-order valence-electron chi connectivity index (χ4n) is 2.37. The first-order valence-electron chi connectivity index (χ1n) is 7.03. The van der Waals surface area contributed by atoms with Gasteiger partial charge < -0.3 is 10.1 Å². The van der Waals surface area contributed by atoms with Crippen LogP contribution in [-0.4, -0.2) is 7.11 Å². The van der Waals surface area contributed by atoms with Crippen LogP contribution in [0.1, 0.15) is 35.2 Å². The molecule has 1 N–H and O–H groups in total. The zero-order valence-corrected chi connectivity index (χ0v) is 12.7. The van der Waals surface area contributed by atoms with Crippen LogP contribution in [0.2, 0.25) is 0 Å². The number of aryl methyl sites for hydroxylation is 2. The number of nitrogens with one attached hydrogen (secondary N) is 1. The van der Waals surface area contributed by atoms with Crippen molar-refractivity contribution in [2.75, 3.05) is 7.11 Å². The van der Waals surface area contributed by atoms with E-state index in [2.05, 4.69) is 62.5 Å². The minimum absolute atomic E-state index is 0.320. The molecule has 0 bridgehead atoms. The Hall–Kier alpha value is -1.80. The summed E-state index contributed by atoms with van der Waals surface area (Å²) >= 11 is 0. The first kappa shape index (κ1) is 14.6. The van der Waals surface area contributed by atoms with Gasteiger partial charge in [-0.15, -0.1) is 0 Å². The Morgan fingerprint density at radius 2 is 1.80 bits per heavy atom. The molecule has 0 aromatic heterocycles. The number of hydrogen-bond acceptors (Lipinski definition) is 2. The monoisotopic (exact) mass is 269 g/mol. The number of hydrogen-bond donors (Lipinski definition) is 1. The highest BCUT2D eigenvalue weighted by Crippen LogP contribution is 2.21. The van der Waals surface area contributed by atoms with E-state index in [1.54, 1.807) is 7.11 Å². The van der Waals surface area contributed by atoms with E-state index in [-0.39, 0.29) is 0 Å². The van der Waals surface area contributed by atoms with E-state index in [0.717, 1.165) is 12.3 Å². The van der Waals surface area contributed by atoms with Crippen molar-refractivity contribution in [3.63, 3.8) is 0 Å². The molecule has 0 amide bonds. The van der Waals surface area contributed by atoms with Crippen LogP contribution in [-0.2, 0) is 6.54 Å². The third-order valence-electron chi connectivity index (χ3n) is 3.58. The number of rotatable bonds is 5. The molecule has 2 heteroatoms. The molecular weight excluding hydrogens is 246 g/mol. The summed E-state index contributed by atoms with van der Waals surface area (Å²) in [5.74, 6) is 0.944. The lowest BCUT2D eigenvalue weighted by Gasteiger charge is -2.16. The molecular formula is C18H23NO. The number of benzene rings is 2. The summed E-state index contributed by atoms with van der Waals surface area (Å²) in [5.41, 5.74) is 5.07. The lowest BCUT2D eigenvalue weighted by atomic mass is 10.0. The molecule has 2 aromatic carbocycles. The minimum Gasteiger partial charge on any atom is -0.496 e. The van der Waals surface area contributed by atoms with Gasteiger partial charge >= 0.3 is 0 Å². The Balaban J connectivity index is 2.06. The lowest BCUT2D eigenvalue weighted by molar-refractivity contribution is 0.406. The topological polar surface area (TPSA) is 21.3 Å². The Labute approximate surface area is 121 Å². The van der Waals surface area contributed by atoms with Crippen LogP contribution < -0.4 is 10.1 Å². The van der Waals surface area contributed by atoms with Crippen molar-refractivity contribution in [1.29, 1.82) is 0 Å². The van der Waals surface area contributed by atoms with Gasteiger partial charge in [0.2, 0.25) is 0 Å². The van der Waals surface area contributed by atoms with Crippen molar-refractivity contribution >= 4 is 0 Å². The smallest absolute Gasteiger partial charge is 0.123 e. The van der Waals surface area contributed by atoms with E-state index in [0.29, 0.717) is 6.04 Å². The van der Waals surface area contributed by atoms with Crippen molar-refractivity contribution in [3.8, 4) is 5.75 Å². The summed E-state index contributed by atoms with van der Waals surface area (Å²) < 4.78 is 5.42. The van der Waals surface area contributed by atoms with E-state index >= 15 is 0 Å².